The monoisotopic (exact) mass is 260 g/mol. The number of nitrogens with two attached hydrogens (primary N) is 1. The molecule has 6 N–H and O–H groups in total. The van der Waals surface area contributed by atoms with Gasteiger partial charge >= 0.3 is 18.0 Å². The molecule has 104 valence electrons. The lowest BCUT2D eigenvalue weighted by molar-refractivity contribution is -0.140. The first-order valence-corrected chi connectivity index (χ1v) is 5.69. The fourth-order valence-electron chi connectivity index (χ4n) is 1.24. The van der Waals surface area contributed by atoms with Crippen molar-refractivity contribution in [1.82, 2.24) is 16.0 Å². The first-order chi connectivity index (χ1) is 8.38. The summed E-state index contributed by atoms with van der Waals surface area (Å²) >= 11 is 0. The smallest absolute Gasteiger partial charge is 0.326 e. The Balaban J connectivity index is 4.03. The molecular formula is C10H20N4O4. The average Bonchev–Trinajstić information content (AvgIpc) is 2.30. The molecule has 0 aliphatic carbocycles. The number of carbonyl (C=O) groups excluding carboxylic acids is 2. The lowest BCUT2D eigenvalue weighted by Gasteiger charge is -2.20. The Bertz CT molecular complexity index is 308. The van der Waals surface area contributed by atoms with Crippen LogP contribution in [0.15, 0.2) is 0 Å². The zero-order chi connectivity index (χ0) is 14.1. The van der Waals surface area contributed by atoms with Crippen LogP contribution in [0.2, 0.25) is 0 Å². The fraction of sp³-hybridized carbons (Fsp3) is 0.700. The minimum Gasteiger partial charge on any atom is -0.480 e. The van der Waals surface area contributed by atoms with Crippen molar-refractivity contribution in [3.05, 3.63) is 0 Å². The van der Waals surface area contributed by atoms with E-state index in [2.05, 4.69) is 16.0 Å². The van der Waals surface area contributed by atoms with E-state index in [4.69, 9.17) is 10.8 Å². The van der Waals surface area contributed by atoms with Gasteiger partial charge in [0.15, 0.2) is 0 Å². The Hall–Kier alpha value is -1.99. The molecule has 0 aromatic heterocycles. The van der Waals surface area contributed by atoms with Crippen LogP contribution in [0.5, 0.6) is 0 Å². The second kappa shape index (κ2) is 8.15. The molecule has 0 heterocycles. The van der Waals surface area contributed by atoms with Crippen molar-refractivity contribution in [2.24, 2.45) is 11.7 Å². The summed E-state index contributed by atoms with van der Waals surface area (Å²) in [5.74, 6) is -1.24. The molecule has 18 heavy (non-hydrogen) atoms. The van der Waals surface area contributed by atoms with Gasteiger partial charge in [-0.3, -0.25) is 0 Å². The third-order valence-electron chi connectivity index (χ3n) is 2.48. The van der Waals surface area contributed by atoms with Gasteiger partial charge in [-0.1, -0.05) is 20.3 Å². The van der Waals surface area contributed by atoms with Crippen LogP contribution in [0.3, 0.4) is 0 Å². The molecule has 2 unspecified atom stereocenters. The van der Waals surface area contributed by atoms with Crippen LogP contribution in [0.4, 0.5) is 9.59 Å². The van der Waals surface area contributed by atoms with Gasteiger partial charge in [0.05, 0.1) is 0 Å². The Kier molecular flexibility index (Phi) is 7.25. The largest absolute Gasteiger partial charge is 0.480 e. The van der Waals surface area contributed by atoms with Gasteiger partial charge in [0, 0.05) is 13.1 Å². The van der Waals surface area contributed by atoms with Crippen molar-refractivity contribution in [3.8, 4) is 0 Å². The van der Waals surface area contributed by atoms with Crippen LogP contribution >= 0.6 is 0 Å². The lowest BCUT2D eigenvalue weighted by Crippen LogP contribution is -2.50. The average molecular weight is 260 g/mol. The van der Waals surface area contributed by atoms with Crippen LogP contribution in [-0.2, 0) is 4.79 Å². The van der Waals surface area contributed by atoms with Gasteiger partial charge in [0.1, 0.15) is 6.04 Å². The van der Waals surface area contributed by atoms with Crippen LogP contribution < -0.4 is 21.7 Å². The Morgan fingerprint density at radius 2 is 1.78 bits per heavy atom. The molecule has 0 aliphatic heterocycles. The molecule has 0 aromatic carbocycles. The van der Waals surface area contributed by atoms with E-state index in [0.29, 0.717) is 6.42 Å². The predicted octanol–water partition coefficient (Wildman–Crippen LogP) is -0.547. The van der Waals surface area contributed by atoms with Crippen molar-refractivity contribution in [3.63, 3.8) is 0 Å². The van der Waals surface area contributed by atoms with E-state index in [-0.39, 0.29) is 19.0 Å². The Morgan fingerprint density at radius 1 is 1.22 bits per heavy atom. The van der Waals surface area contributed by atoms with E-state index in [9.17, 15) is 14.4 Å². The van der Waals surface area contributed by atoms with E-state index in [1.54, 1.807) is 6.92 Å². The highest BCUT2D eigenvalue weighted by Crippen LogP contribution is 2.07. The van der Waals surface area contributed by atoms with E-state index in [1.165, 1.54) is 0 Å². The van der Waals surface area contributed by atoms with Crippen LogP contribution in [0, 0.1) is 5.92 Å². The highest BCUT2D eigenvalue weighted by atomic mass is 16.4. The van der Waals surface area contributed by atoms with Crippen LogP contribution in [0.1, 0.15) is 20.3 Å². The number of hydrogen-bond donors (Lipinski definition) is 5. The molecule has 0 aromatic rings. The van der Waals surface area contributed by atoms with Gasteiger partial charge in [-0.2, -0.15) is 0 Å². The third kappa shape index (κ3) is 6.56. The second-order valence-electron chi connectivity index (χ2n) is 3.89. The van der Waals surface area contributed by atoms with Crippen molar-refractivity contribution >= 4 is 18.0 Å². The van der Waals surface area contributed by atoms with Gasteiger partial charge in [0.2, 0.25) is 0 Å². The van der Waals surface area contributed by atoms with E-state index < -0.39 is 24.1 Å². The number of aliphatic carboxylic acids is 1. The second-order valence-corrected chi connectivity index (χ2v) is 3.89. The molecule has 0 rings (SSSR count). The Labute approximate surface area is 105 Å². The van der Waals surface area contributed by atoms with Crippen LogP contribution in [-0.4, -0.2) is 42.3 Å². The number of amides is 4. The summed E-state index contributed by atoms with van der Waals surface area (Å²) < 4.78 is 0. The van der Waals surface area contributed by atoms with Gasteiger partial charge in [-0.25, -0.2) is 14.4 Å². The maximum atomic E-state index is 11.4. The molecule has 4 amide bonds. The third-order valence-corrected chi connectivity index (χ3v) is 2.48. The number of carboxylic acids is 1. The summed E-state index contributed by atoms with van der Waals surface area (Å²) in [7, 11) is 0. The van der Waals surface area contributed by atoms with Gasteiger partial charge in [0.25, 0.3) is 0 Å². The highest BCUT2D eigenvalue weighted by molar-refractivity contribution is 5.82. The summed E-state index contributed by atoms with van der Waals surface area (Å²) in [4.78, 5) is 32.7. The molecule has 0 saturated heterocycles. The standard InChI is InChI=1S/C10H20N4O4/c1-3-6(2)7(8(15)16)14-10(18)13-5-4-12-9(11)17/h6-7H,3-5H2,1-2H3,(H,15,16)(H3,11,12,17)(H2,13,14,18). The molecule has 0 spiro atoms. The fourth-order valence-corrected chi connectivity index (χ4v) is 1.24. The van der Waals surface area contributed by atoms with Crippen molar-refractivity contribution in [2.45, 2.75) is 26.3 Å². The number of hydrogen-bond acceptors (Lipinski definition) is 3. The maximum absolute atomic E-state index is 11.4. The zero-order valence-corrected chi connectivity index (χ0v) is 10.5. The van der Waals surface area contributed by atoms with Gasteiger partial charge in [-0.15, -0.1) is 0 Å². The number of carbonyl (C=O) groups is 3. The quantitative estimate of drug-likeness (QED) is 0.393. The number of urea groups is 2. The topological polar surface area (TPSA) is 134 Å². The molecule has 2 atom stereocenters. The SMILES string of the molecule is CCC(C)C(NC(=O)NCCNC(N)=O)C(=O)O. The molecule has 8 nitrogen and oxygen atoms in total. The number of carboxylic acid groups (broad SMARTS) is 1. The number of nitrogens with one attached hydrogen (secondary N) is 3. The summed E-state index contributed by atoms with van der Waals surface area (Å²) in [6.07, 6.45) is 0.639. The predicted molar refractivity (Wildman–Crippen MR) is 65.0 cm³/mol. The summed E-state index contributed by atoms with van der Waals surface area (Å²) in [5.41, 5.74) is 4.83. The molecule has 0 fully saturated rings. The normalized spacial score (nSPS) is 13.2. The Morgan fingerprint density at radius 3 is 2.22 bits per heavy atom. The van der Waals surface area contributed by atoms with Crippen molar-refractivity contribution < 1.29 is 19.5 Å². The highest BCUT2D eigenvalue weighted by Gasteiger charge is 2.24. The molecule has 8 heteroatoms. The first-order valence-electron chi connectivity index (χ1n) is 5.69. The van der Waals surface area contributed by atoms with Crippen LogP contribution in [0.25, 0.3) is 0 Å². The molecule has 0 bridgehead atoms. The van der Waals surface area contributed by atoms with Gasteiger partial charge < -0.3 is 26.8 Å². The maximum Gasteiger partial charge on any atom is 0.326 e. The summed E-state index contributed by atoms with van der Waals surface area (Å²) in [6.45, 7) is 3.94. The van der Waals surface area contributed by atoms with Gasteiger partial charge in [-0.05, 0) is 5.92 Å². The zero-order valence-electron chi connectivity index (χ0n) is 10.5. The minimum absolute atomic E-state index is 0.168. The first kappa shape index (κ1) is 16.0. The molecular weight excluding hydrogens is 240 g/mol. The minimum atomic E-state index is -1.07. The van der Waals surface area contributed by atoms with E-state index in [0.717, 1.165) is 0 Å². The van der Waals surface area contributed by atoms with Crippen molar-refractivity contribution in [2.75, 3.05) is 13.1 Å². The molecule has 0 aliphatic rings. The van der Waals surface area contributed by atoms with E-state index >= 15 is 0 Å². The lowest BCUT2D eigenvalue weighted by atomic mass is 9.99. The number of primary amides is 1. The van der Waals surface area contributed by atoms with Crippen molar-refractivity contribution in [1.29, 1.82) is 0 Å². The summed E-state index contributed by atoms with van der Waals surface area (Å²) in [6, 6.07) is -2.20. The molecule has 0 saturated carbocycles. The molecule has 0 radical (unpaired) electrons. The summed E-state index contributed by atoms with van der Waals surface area (Å²) in [5, 5.41) is 16.0. The van der Waals surface area contributed by atoms with E-state index in [1.807, 2.05) is 6.92 Å². The number of rotatable bonds is 7.